The first-order chi connectivity index (χ1) is 16.2. The van der Waals surface area contributed by atoms with Crippen LogP contribution in [0.1, 0.15) is 38.3 Å². The van der Waals surface area contributed by atoms with Crippen molar-refractivity contribution in [2.24, 2.45) is 0 Å². The molecule has 1 N–H and O–H groups in total. The summed E-state index contributed by atoms with van der Waals surface area (Å²) in [5.74, 6) is -0.883. The quantitative estimate of drug-likeness (QED) is 0.411. The zero-order valence-electron chi connectivity index (χ0n) is 20.3. The van der Waals surface area contributed by atoms with Gasteiger partial charge in [0.15, 0.2) is 0 Å². The third-order valence-corrected chi connectivity index (χ3v) is 7.34. The van der Waals surface area contributed by atoms with Crippen LogP contribution in [-0.4, -0.2) is 50.0 Å². The maximum atomic E-state index is 13.7. The normalized spacial score (nSPS) is 12.4. The van der Waals surface area contributed by atoms with Crippen molar-refractivity contribution in [2.45, 2.75) is 52.7 Å². The average Bonchev–Trinajstić information content (AvgIpc) is 2.73. The van der Waals surface area contributed by atoms with Gasteiger partial charge in [-0.05, 0) is 44.9 Å². The van der Waals surface area contributed by atoms with Crippen molar-refractivity contribution in [2.75, 3.05) is 17.1 Å². The maximum absolute atomic E-state index is 13.7. The zero-order valence-corrected chi connectivity index (χ0v) is 23.4. The van der Waals surface area contributed by atoms with Crippen molar-refractivity contribution < 1.29 is 18.0 Å². The van der Waals surface area contributed by atoms with E-state index in [1.165, 1.54) is 17.0 Å². The fraction of sp³-hybridized carbons (Fsp3) is 0.417. The molecule has 0 radical (unpaired) electrons. The molecule has 0 unspecified atom stereocenters. The number of carbonyl (C=O) groups excluding carboxylic acids is 2. The minimum atomic E-state index is -3.95. The third kappa shape index (κ3) is 8.00. The highest BCUT2D eigenvalue weighted by Gasteiger charge is 2.32. The lowest BCUT2D eigenvalue weighted by Gasteiger charge is -2.33. The number of amides is 2. The van der Waals surface area contributed by atoms with E-state index < -0.39 is 28.5 Å². The summed E-state index contributed by atoms with van der Waals surface area (Å²) in [6, 6.07) is 9.23. The van der Waals surface area contributed by atoms with E-state index in [0.717, 1.165) is 21.7 Å². The molecule has 0 heterocycles. The Labute approximate surface area is 222 Å². The summed E-state index contributed by atoms with van der Waals surface area (Å²) in [6.07, 6.45) is 1.30. The molecule has 0 aliphatic heterocycles. The molecule has 192 valence electrons. The molecule has 0 bridgehead atoms. The number of anilines is 1. The summed E-state index contributed by atoms with van der Waals surface area (Å²) in [7, 11) is -3.95. The van der Waals surface area contributed by atoms with E-state index in [1.54, 1.807) is 6.92 Å². The topological polar surface area (TPSA) is 86.8 Å². The molecule has 2 aromatic rings. The van der Waals surface area contributed by atoms with E-state index in [-0.39, 0.29) is 39.2 Å². The number of nitrogens with one attached hydrogen (secondary N) is 1. The Hall–Kier alpha value is -2.00. The van der Waals surface area contributed by atoms with Crippen molar-refractivity contribution in [3.8, 4) is 0 Å². The highest BCUT2D eigenvalue weighted by Crippen LogP contribution is 2.35. The molecule has 0 aliphatic rings. The summed E-state index contributed by atoms with van der Waals surface area (Å²) in [6.45, 7) is 6.93. The highest BCUT2D eigenvalue weighted by molar-refractivity contribution is 7.92. The highest BCUT2D eigenvalue weighted by atomic mass is 35.5. The number of sulfonamides is 1. The molecule has 2 aromatic carbocycles. The number of benzene rings is 2. The fourth-order valence-corrected chi connectivity index (χ4v) is 5.15. The standard InChI is InChI=1S/C24H30Cl3N3O4S/c1-6-21(24(32)28-15(2)3)29(13-17-9-7-8-16(4)10-17)23(31)14-30(35(5,33)34)22-12-19(26)18(25)11-20(22)27/h7-12,15,21H,6,13-14H2,1-5H3,(H,28,32)/t21-/m0/s1. The van der Waals surface area contributed by atoms with Crippen LogP contribution in [0.4, 0.5) is 5.69 Å². The van der Waals surface area contributed by atoms with Crippen LogP contribution in [-0.2, 0) is 26.2 Å². The van der Waals surface area contributed by atoms with Gasteiger partial charge in [-0.3, -0.25) is 13.9 Å². The number of carbonyl (C=O) groups is 2. The number of hydrogen-bond acceptors (Lipinski definition) is 4. The summed E-state index contributed by atoms with van der Waals surface area (Å²) in [5, 5.41) is 3.11. The fourth-order valence-electron chi connectivity index (χ4n) is 3.61. The monoisotopic (exact) mass is 561 g/mol. The Bertz CT molecular complexity index is 1190. The number of hydrogen-bond donors (Lipinski definition) is 1. The maximum Gasteiger partial charge on any atom is 0.244 e. The first-order valence-electron chi connectivity index (χ1n) is 11.0. The van der Waals surface area contributed by atoms with Gasteiger partial charge in [-0.25, -0.2) is 8.42 Å². The van der Waals surface area contributed by atoms with Crippen LogP contribution in [0.25, 0.3) is 0 Å². The second-order valence-corrected chi connectivity index (χ2v) is 11.7. The molecule has 2 amide bonds. The van der Waals surface area contributed by atoms with E-state index in [4.69, 9.17) is 34.8 Å². The van der Waals surface area contributed by atoms with E-state index in [9.17, 15) is 18.0 Å². The number of aryl methyl sites for hydroxylation is 1. The van der Waals surface area contributed by atoms with Gasteiger partial charge in [0.2, 0.25) is 21.8 Å². The predicted molar refractivity (Wildman–Crippen MR) is 143 cm³/mol. The van der Waals surface area contributed by atoms with Crippen molar-refractivity contribution in [3.05, 3.63) is 62.6 Å². The van der Waals surface area contributed by atoms with Crippen molar-refractivity contribution in [1.82, 2.24) is 10.2 Å². The molecule has 35 heavy (non-hydrogen) atoms. The van der Waals surface area contributed by atoms with Crippen LogP contribution < -0.4 is 9.62 Å². The van der Waals surface area contributed by atoms with Crippen LogP contribution in [0, 0.1) is 6.92 Å². The number of halogens is 3. The van der Waals surface area contributed by atoms with E-state index in [0.29, 0.717) is 6.42 Å². The Morgan fingerprint density at radius 3 is 2.20 bits per heavy atom. The van der Waals surface area contributed by atoms with Crippen LogP contribution >= 0.6 is 34.8 Å². The van der Waals surface area contributed by atoms with Crippen LogP contribution in [0.2, 0.25) is 15.1 Å². The van der Waals surface area contributed by atoms with Gasteiger partial charge in [0.1, 0.15) is 12.6 Å². The summed E-state index contributed by atoms with van der Waals surface area (Å²) in [4.78, 5) is 28.0. The van der Waals surface area contributed by atoms with Crippen molar-refractivity contribution in [1.29, 1.82) is 0 Å². The first kappa shape index (κ1) is 29.2. The van der Waals surface area contributed by atoms with Crippen molar-refractivity contribution in [3.63, 3.8) is 0 Å². The zero-order chi connectivity index (χ0) is 26.5. The average molecular weight is 563 g/mol. The van der Waals surface area contributed by atoms with E-state index in [1.807, 2.05) is 45.0 Å². The second-order valence-electron chi connectivity index (χ2n) is 8.59. The smallest absolute Gasteiger partial charge is 0.244 e. The summed E-state index contributed by atoms with van der Waals surface area (Å²) >= 11 is 18.4. The molecule has 1 atom stereocenters. The van der Waals surface area contributed by atoms with Gasteiger partial charge >= 0.3 is 0 Å². The molecule has 0 aromatic heterocycles. The van der Waals surface area contributed by atoms with Crippen molar-refractivity contribution >= 4 is 62.3 Å². The molecule has 0 fully saturated rings. The lowest BCUT2D eigenvalue weighted by molar-refractivity contribution is -0.140. The molecular weight excluding hydrogens is 533 g/mol. The van der Waals surface area contributed by atoms with Crippen LogP contribution in [0.5, 0.6) is 0 Å². The minimum Gasteiger partial charge on any atom is -0.352 e. The molecule has 0 saturated carbocycles. The van der Waals surface area contributed by atoms with Gasteiger partial charge < -0.3 is 10.2 Å². The molecular formula is C24H30Cl3N3O4S. The van der Waals surface area contributed by atoms with Gasteiger partial charge in [-0.15, -0.1) is 0 Å². The Balaban J connectivity index is 2.51. The molecule has 0 aliphatic carbocycles. The Kier molecular flexibility index (Phi) is 10.3. The van der Waals surface area contributed by atoms with E-state index >= 15 is 0 Å². The molecule has 7 nitrogen and oxygen atoms in total. The number of rotatable bonds is 10. The Morgan fingerprint density at radius 1 is 1.03 bits per heavy atom. The van der Waals surface area contributed by atoms with Crippen LogP contribution in [0.3, 0.4) is 0 Å². The Morgan fingerprint density at radius 2 is 1.66 bits per heavy atom. The molecule has 2 rings (SSSR count). The minimum absolute atomic E-state index is 0.0205. The molecule has 0 saturated heterocycles. The van der Waals surface area contributed by atoms with Gasteiger partial charge in [0.25, 0.3) is 0 Å². The van der Waals surface area contributed by atoms with Gasteiger partial charge in [0, 0.05) is 12.6 Å². The summed E-state index contributed by atoms with van der Waals surface area (Å²) in [5.41, 5.74) is 1.83. The molecule has 11 heteroatoms. The van der Waals surface area contributed by atoms with E-state index in [2.05, 4.69) is 5.32 Å². The van der Waals surface area contributed by atoms with Crippen LogP contribution in [0.15, 0.2) is 36.4 Å². The van der Waals surface area contributed by atoms with Gasteiger partial charge in [-0.2, -0.15) is 0 Å². The first-order valence-corrected chi connectivity index (χ1v) is 14.0. The number of nitrogens with zero attached hydrogens (tertiary/aromatic N) is 2. The van der Waals surface area contributed by atoms with Gasteiger partial charge in [0.05, 0.1) is 27.0 Å². The SMILES string of the molecule is CC[C@@H](C(=O)NC(C)C)N(Cc1cccc(C)c1)C(=O)CN(c1cc(Cl)c(Cl)cc1Cl)S(C)(=O)=O. The predicted octanol–water partition coefficient (Wildman–Crippen LogP) is 5.05. The third-order valence-electron chi connectivity index (χ3n) is 5.19. The lowest BCUT2D eigenvalue weighted by Crippen LogP contribution is -2.53. The lowest BCUT2D eigenvalue weighted by atomic mass is 10.1. The van der Waals surface area contributed by atoms with Gasteiger partial charge in [-0.1, -0.05) is 71.6 Å². The molecule has 0 spiro atoms. The second kappa shape index (κ2) is 12.3. The summed E-state index contributed by atoms with van der Waals surface area (Å²) < 4.78 is 26.3. The largest absolute Gasteiger partial charge is 0.352 e.